The molecule has 0 rings (SSSR count). The summed E-state index contributed by atoms with van der Waals surface area (Å²) in [4.78, 5) is 0. The van der Waals surface area contributed by atoms with Crippen LogP contribution in [0.1, 0.15) is 5.71 Å². The molecule has 0 aliphatic carbocycles. The van der Waals surface area contributed by atoms with Crippen molar-refractivity contribution >= 4 is 62.3 Å². The van der Waals surface area contributed by atoms with E-state index in [0.717, 1.165) is 0 Å². The van der Waals surface area contributed by atoms with Crippen LogP contribution in [0.15, 0.2) is 0 Å². The Hall–Kier alpha value is 1.82. The van der Waals surface area contributed by atoms with E-state index in [1.165, 1.54) is 0 Å². The van der Waals surface area contributed by atoms with Crippen LogP contribution in [0.3, 0.4) is 0 Å². The molecule has 2 N–H and O–H groups in total. The zero-order chi connectivity index (χ0) is 2.00. The maximum atomic E-state index is 8.28. The van der Waals surface area contributed by atoms with Gasteiger partial charge in [0, 0.05) is 0 Å². The standard InChI is InChI=1S/Al.2Mg.H2O.O.5H/h;;;1H2;;;;;;/q;2*+2;;;;4*-1. The summed E-state index contributed by atoms with van der Waals surface area (Å²) in [5, 5.41) is 0. The van der Waals surface area contributed by atoms with Crippen molar-refractivity contribution in [1.82, 2.24) is 0 Å². The van der Waals surface area contributed by atoms with Crippen molar-refractivity contribution in [2.75, 3.05) is 0 Å². The Labute approximate surface area is 76.9 Å². The molecule has 0 radical (unpaired) electrons. The monoisotopic (exact) mass is 114 g/mol. The van der Waals surface area contributed by atoms with Crippen LogP contribution in [0, 0.1) is 0 Å². The molecule has 5 heavy (non-hydrogen) atoms. The summed E-state index contributed by atoms with van der Waals surface area (Å²) in [5.41, 5.74) is 0. The number of hydrogen-bond acceptors (Lipinski definition) is 1. The van der Waals surface area contributed by atoms with Crippen LogP contribution in [0.5, 0.6) is 0 Å². The predicted octanol–water partition coefficient (Wildman–Crippen LogP) is -1.90. The van der Waals surface area contributed by atoms with Crippen molar-refractivity contribution in [1.29, 1.82) is 0 Å². The molecule has 0 fully saturated rings. The van der Waals surface area contributed by atoms with Crippen LogP contribution in [0.2, 0.25) is 0 Å². The van der Waals surface area contributed by atoms with E-state index < -0.39 is 0 Å². The Morgan fingerprint density at radius 2 is 1.20 bits per heavy atom. The van der Waals surface area contributed by atoms with Gasteiger partial charge in [-0.3, -0.25) is 0 Å². The summed E-state index contributed by atoms with van der Waals surface area (Å²) < 4.78 is 8.28. The molecule has 2 nitrogen and oxygen atoms in total. The summed E-state index contributed by atoms with van der Waals surface area (Å²) in [5.74, 6) is 0. The summed E-state index contributed by atoms with van der Waals surface area (Å²) in [7, 11) is 0. The second-order valence-electron chi connectivity index (χ2n) is 0. The molecule has 5 heteroatoms. The van der Waals surface area contributed by atoms with Crippen LogP contribution < -0.4 is 0 Å². The molecule has 0 spiro atoms. The van der Waals surface area contributed by atoms with Crippen molar-refractivity contribution in [3.05, 3.63) is 0 Å². The molecular weight excluding hydrogens is 108 g/mol. The average molecular weight is 115 g/mol. The van der Waals surface area contributed by atoms with Crippen LogP contribution in [0.4, 0.5) is 0 Å². The summed E-state index contributed by atoms with van der Waals surface area (Å²) in [6.07, 6.45) is 0. The van der Waals surface area contributed by atoms with Gasteiger partial charge in [-0.1, -0.05) is 0 Å². The molecule has 0 aromatic heterocycles. The van der Waals surface area contributed by atoms with E-state index >= 15 is 0 Å². The normalized spacial score (nSPS) is 0.600. The van der Waals surface area contributed by atoms with E-state index in [0.29, 0.717) is 16.2 Å². The van der Waals surface area contributed by atoms with Gasteiger partial charge in [-0.2, -0.15) is 0 Å². The van der Waals surface area contributed by atoms with Gasteiger partial charge in [0.15, 0.2) is 0 Å². The first-order valence-corrected chi connectivity index (χ1v) is 0.866. The van der Waals surface area contributed by atoms with Gasteiger partial charge in [0.25, 0.3) is 0 Å². The van der Waals surface area contributed by atoms with Gasteiger partial charge in [-0.15, -0.1) is 0 Å². The topological polar surface area (TPSA) is 48.6 Å². The Bertz CT molecular complexity index is 16.5. The van der Waals surface area contributed by atoms with Crippen molar-refractivity contribution in [2.45, 2.75) is 0 Å². The molecule has 0 saturated heterocycles. The quantitative estimate of drug-likeness (QED) is 0.340. The Morgan fingerprint density at radius 1 is 1.20 bits per heavy atom. The first-order valence-electron chi connectivity index (χ1n) is 0.289. The Balaban J connectivity index is -0.000000000238. The first-order chi connectivity index (χ1) is 1.00. The van der Waals surface area contributed by atoms with Gasteiger partial charge >= 0.3 is 66.1 Å². The van der Waals surface area contributed by atoms with Crippen LogP contribution in [-0.2, 0) is 3.80 Å². The SMILES string of the molecule is O.[H-].[H-].[H-].[H-].[Mg+2].[Mg+2].[O]=[AlH]. The van der Waals surface area contributed by atoms with Crippen LogP contribution in [0.25, 0.3) is 0 Å². The van der Waals surface area contributed by atoms with E-state index in [9.17, 15) is 0 Å². The molecule has 0 heterocycles. The molecule has 0 unspecified atom stereocenters. The van der Waals surface area contributed by atoms with Crippen molar-refractivity contribution in [2.24, 2.45) is 0 Å². The van der Waals surface area contributed by atoms with Crippen molar-refractivity contribution in [3.63, 3.8) is 0 Å². The molecule has 0 aliphatic rings. The van der Waals surface area contributed by atoms with E-state index in [1.54, 1.807) is 0 Å². The summed E-state index contributed by atoms with van der Waals surface area (Å²) in [6, 6.07) is 0. The van der Waals surface area contributed by atoms with Gasteiger partial charge in [0.05, 0.1) is 0 Å². The fourth-order valence-corrected chi connectivity index (χ4v) is 0. The molecule has 0 bridgehead atoms. The molecule has 26 valence electrons. The molecule has 0 saturated carbocycles. The number of hydrogen-bond donors (Lipinski definition) is 0. The maximum absolute atomic E-state index is 8.28. The third-order valence-corrected chi connectivity index (χ3v) is 0. The summed E-state index contributed by atoms with van der Waals surface area (Å²) in [6.45, 7) is 0. The van der Waals surface area contributed by atoms with Gasteiger partial charge in [0.1, 0.15) is 0 Å². The van der Waals surface area contributed by atoms with Gasteiger partial charge in [-0.25, -0.2) is 0 Å². The van der Waals surface area contributed by atoms with Gasteiger partial charge < -0.3 is 11.2 Å². The average Bonchev–Trinajstić information content (AvgIpc) is 1.00. The third-order valence-electron chi connectivity index (χ3n) is 0. The molecule has 0 aliphatic heterocycles. The van der Waals surface area contributed by atoms with E-state index in [2.05, 4.69) is 0 Å². The zero-order valence-electron chi connectivity index (χ0n) is 7.03. The molecule has 0 atom stereocenters. The zero-order valence-corrected chi connectivity index (χ0v) is 7.27. The molecule has 0 aromatic rings. The fourth-order valence-electron chi connectivity index (χ4n) is 0. The second kappa shape index (κ2) is 40.7. The predicted molar refractivity (Wildman–Crippen MR) is 27.4 cm³/mol. The van der Waals surface area contributed by atoms with Crippen molar-refractivity contribution in [3.8, 4) is 0 Å². The fraction of sp³-hybridized carbons (Fsp3) is 0. The first kappa shape index (κ1) is 29.0. The van der Waals surface area contributed by atoms with E-state index in [1.807, 2.05) is 0 Å². The van der Waals surface area contributed by atoms with Crippen LogP contribution >= 0.6 is 0 Å². The third kappa shape index (κ3) is 25.6. The van der Waals surface area contributed by atoms with E-state index in [4.69, 9.17) is 3.80 Å². The Kier molecular flexibility index (Phi) is 236. The Morgan fingerprint density at radius 3 is 1.20 bits per heavy atom. The van der Waals surface area contributed by atoms with Crippen molar-refractivity contribution < 1.29 is 15.0 Å². The van der Waals surface area contributed by atoms with Gasteiger partial charge in [0.2, 0.25) is 0 Å². The van der Waals surface area contributed by atoms with E-state index in [-0.39, 0.29) is 57.3 Å². The minimum atomic E-state index is 0. The molecule has 0 amide bonds. The van der Waals surface area contributed by atoms with Crippen LogP contribution in [-0.4, -0.2) is 67.8 Å². The number of rotatable bonds is 0. The minimum absolute atomic E-state index is 0. The second-order valence-corrected chi connectivity index (χ2v) is 0. The molecular formula is H7AlMg2O2. The van der Waals surface area contributed by atoms with Gasteiger partial charge in [-0.05, 0) is 0 Å². The molecule has 0 aromatic carbocycles. The summed E-state index contributed by atoms with van der Waals surface area (Å²) >= 11 is 0.611.